The van der Waals surface area contributed by atoms with E-state index in [9.17, 15) is 0 Å². The van der Waals surface area contributed by atoms with Gasteiger partial charge in [-0.25, -0.2) is 0 Å². The third-order valence-electron chi connectivity index (χ3n) is 3.82. The predicted octanol–water partition coefficient (Wildman–Crippen LogP) is 4.18. The average molecular weight is 202 g/mol. The van der Waals surface area contributed by atoms with Crippen molar-refractivity contribution < 1.29 is 0 Å². The van der Waals surface area contributed by atoms with Gasteiger partial charge in [0.2, 0.25) is 0 Å². The van der Waals surface area contributed by atoms with Gasteiger partial charge >= 0.3 is 0 Å². The molecule has 0 nitrogen and oxygen atoms in total. The largest absolute Gasteiger partial charge is 0.0625 e. The van der Waals surface area contributed by atoms with Gasteiger partial charge in [0.15, 0.2) is 0 Å². The van der Waals surface area contributed by atoms with Gasteiger partial charge in [-0.15, -0.1) is 0 Å². The first-order valence-corrected chi connectivity index (χ1v) is 6.20. The summed E-state index contributed by atoms with van der Waals surface area (Å²) < 4.78 is 0. The summed E-state index contributed by atoms with van der Waals surface area (Å²) >= 11 is 0. The van der Waals surface area contributed by atoms with E-state index < -0.39 is 0 Å². The van der Waals surface area contributed by atoms with Gasteiger partial charge in [-0.1, -0.05) is 45.9 Å². The summed E-state index contributed by atoms with van der Waals surface area (Å²) in [5.74, 6) is 2.36. The van der Waals surface area contributed by atoms with Gasteiger partial charge in [-0.2, -0.15) is 0 Å². The molecule has 0 fully saturated rings. The van der Waals surface area contributed by atoms with Crippen LogP contribution in [0.3, 0.4) is 0 Å². The van der Waals surface area contributed by atoms with Crippen LogP contribution in [-0.4, -0.2) is 0 Å². The molecule has 0 heterocycles. The highest BCUT2D eigenvalue weighted by Crippen LogP contribution is 2.35. The standard InChI is InChI=1S/C15H22/c1-10(2)13-8-12-6-5-7-14(11(3)4)15(12)9-13/h5-7,10-11,13H,8-9H2,1-4H3. The van der Waals surface area contributed by atoms with E-state index in [1.807, 2.05) is 0 Å². The molecule has 82 valence electrons. The first kappa shape index (κ1) is 10.7. The van der Waals surface area contributed by atoms with Crippen molar-refractivity contribution in [2.45, 2.75) is 46.5 Å². The lowest BCUT2D eigenvalue weighted by molar-refractivity contribution is 0.403. The fraction of sp³-hybridized carbons (Fsp3) is 0.600. The van der Waals surface area contributed by atoms with Crippen molar-refractivity contribution in [2.24, 2.45) is 11.8 Å². The maximum atomic E-state index is 2.35. The van der Waals surface area contributed by atoms with Gasteiger partial charge in [-0.05, 0) is 47.3 Å². The minimum atomic E-state index is 0.672. The lowest BCUT2D eigenvalue weighted by atomic mass is 9.91. The van der Waals surface area contributed by atoms with Crippen LogP contribution in [0.4, 0.5) is 0 Å². The monoisotopic (exact) mass is 202 g/mol. The summed E-state index contributed by atoms with van der Waals surface area (Å²) in [7, 11) is 0. The Labute approximate surface area is 93.7 Å². The van der Waals surface area contributed by atoms with Crippen molar-refractivity contribution in [3.8, 4) is 0 Å². The molecule has 0 saturated heterocycles. The Morgan fingerprint density at radius 3 is 2.40 bits per heavy atom. The molecule has 15 heavy (non-hydrogen) atoms. The highest BCUT2D eigenvalue weighted by molar-refractivity contribution is 5.40. The Balaban J connectivity index is 2.33. The summed E-state index contributed by atoms with van der Waals surface area (Å²) in [4.78, 5) is 0. The molecule has 0 aliphatic heterocycles. The van der Waals surface area contributed by atoms with E-state index in [1.54, 1.807) is 16.7 Å². The smallest absolute Gasteiger partial charge is 0.0216 e. The molecule has 2 rings (SSSR count). The van der Waals surface area contributed by atoms with Gasteiger partial charge in [0.1, 0.15) is 0 Å². The van der Waals surface area contributed by atoms with Crippen LogP contribution < -0.4 is 0 Å². The second-order valence-corrected chi connectivity index (χ2v) is 5.55. The Hall–Kier alpha value is -0.780. The molecule has 1 aliphatic rings. The zero-order chi connectivity index (χ0) is 11.0. The summed E-state index contributed by atoms with van der Waals surface area (Å²) in [6, 6.07) is 6.87. The molecule has 1 unspecified atom stereocenters. The van der Waals surface area contributed by atoms with Crippen LogP contribution in [0, 0.1) is 11.8 Å². The highest BCUT2D eigenvalue weighted by Gasteiger charge is 2.26. The Bertz CT molecular complexity index is 347. The molecule has 0 bridgehead atoms. The molecule has 0 N–H and O–H groups in total. The van der Waals surface area contributed by atoms with Crippen LogP contribution in [0.5, 0.6) is 0 Å². The quantitative estimate of drug-likeness (QED) is 0.675. The zero-order valence-corrected chi connectivity index (χ0v) is 10.4. The lowest BCUT2D eigenvalue weighted by Gasteiger charge is -2.14. The van der Waals surface area contributed by atoms with Crippen LogP contribution in [0.2, 0.25) is 0 Å². The van der Waals surface area contributed by atoms with E-state index in [-0.39, 0.29) is 0 Å². The van der Waals surface area contributed by atoms with E-state index in [0.29, 0.717) is 5.92 Å². The first-order valence-electron chi connectivity index (χ1n) is 6.20. The van der Waals surface area contributed by atoms with Crippen LogP contribution >= 0.6 is 0 Å². The van der Waals surface area contributed by atoms with Crippen molar-refractivity contribution in [1.29, 1.82) is 0 Å². The summed E-state index contributed by atoms with van der Waals surface area (Å²) in [6.45, 7) is 9.31. The molecule has 1 aliphatic carbocycles. The molecule has 1 atom stereocenters. The Morgan fingerprint density at radius 1 is 1.07 bits per heavy atom. The third kappa shape index (κ3) is 1.95. The van der Waals surface area contributed by atoms with Crippen molar-refractivity contribution in [2.75, 3.05) is 0 Å². The van der Waals surface area contributed by atoms with Crippen molar-refractivity contribution in [3.63, 3.8) is 0 Å². The van der Waals surface area contributed by atoms with E-state index in [4.69, 9.17) is 0 Å². The molecule has 0 spiro atoms. The molecule has 1 aromatic carbocycles. The molecular formula is C15H22. The number of fused-ring (bicyclic) bond motifs is 1. The second-order valence-electron chi connectivity index (χ2n) is 5.55. The minimum Gasteiger partial charge on any atom is -0.0625 e. The number of hydrogen-bond acceptors (Lipinski definition) is 0. The minimum absolute atomic E-state index is 0.672. The van der Waals surface area contributed by atoms with Crippen molar-refractivity contribution >= 4 is 0 Å². The second kappa shape index (κ2) is 4.00. The van der Waals surface area contributed by atoms with Gasteiger partial charge in [0, 0.05) is 0 Å². The van der Waals surface area contributed by atoms with Gasteiger partial charge in [0.25, 0.3) is 0 Å². The maximum Gasteiger partial charge on any atom is -0.0216 e. The summed E-state index contributed by atoms with van der Waals surface area (Å²) in [5.41, 5.74) is 4.85. The van der Waals surface area contributed by atoms with Crippen LogP contribution in [0.25, 0.3) is 0 Å². The molecule has 1 aromatic rings. The molecular weight excluding hydrogens is 180 g/mol. The van der Waals surface area contributed by atoms with E-state index in [0.717, 1.165) is 11.8 Å². The van der Waals surface area contributed by atoms with Crippen molar-refractivity contribution in [1.82, 2.24) is 0 Å². The molecule has 0 radical (unpaired) electrons. The highest BCUT2D eigenvalue weighted by atomic mass is 14.3. The predicted molar refractivity (Wildman–Crippen MR) is 66.3 cm³/mol. The summed E-state index contributed by atoms with van der Waals surface area (Å²) in [6.07, 6.45) is 2.61. The number of benzene rings is 1. The molecule has 0 amide bonds. The molecule has 0 saturated carbocycles. The SMILES string of the molecule is CC(C)c1cccc2c1CC(C(C)C)C2. The Morgan fingerprint density at radius 2 is 1.80 bits per heavy atom. The van der Waals surface area contributed by atoms with E-state index in [2.05, 4.69) is 45.9 Å². The van der Waals surface area contributed by atoms with Gasteiger partial charge in [0.05, 0.1) is 0 Å². The number of hydrogen-bond donors (Lipinski definition) is 0. The van der Waals surface area contributed by atoms with Crippen LogP contribution in [0.1, 0.15) is 50.3 Å². The average Bonchev–Trinajstić information content (AvgIpc) is 2.60. The molecule has 0 aromatic heterocycles. The lowest BCUT2D eigenvalue weighted by Crippen LogP contribution is -2.08. The zero-order valence-electron chi connectivity index (χ0n) is 10.4. The summed E-state index contributed by atoms with van der Waals surface area (Å²) in [5, 5.41) is 0. The topological polar surface area (TPSA) is 0 Å². The molecule has 0 heteroatoms. The van der Waals surface area contributed by atoms with E-state index in [1.165, 1.54) is 12.8 Å². The number of rotatable bonds is 2. The normalized spacial score (nSPS) is 20.0. The van der Waals surface area contributed by atoms with Gasteiger partial charge in [-0.3, -0.25) is 0 Å². The fourth-order valence-electron chi connectivity index (χ4n) is 2.72. The first-order chi connectivity index (χ1) is 7.09. The van der Waals surface area contributed by atoms with E-state index >= 15 is 0 Å². The fourth-order valence-corrected chi connectivity index (χ4v) is 2.72. The van der Waals surface area contributed by atoms with Crippen LogP contribution in [-0.2, 0) is 12.8 Å². The third-order valence-corrected chi connectivity index (χ3v) is 3.82. The maximum absolute atomic E-state index is 2.35. The van der Waals surface area contributed by atoms with Gasteiger partial charge < -0.3 is 0 Å². The van der Waals surface area contributed by atoms with Crippen molar-refractivity contribution in [3.05, 3.63) is 34.9 Å². The van der Waals surface area contributed by atoms with Crippen LogP contribution in [0.15, 0.2) is 18.2 Å². The Kier molecular flexibility index (Phi) is 2.86.